The van der Waals surface area contributed by atoms with Gasteiger partial charge in [0.05, 0.1) is 18.4 Å². The first kappa shape index (κ1) is 13.8. The molecule has 0 saturated carbocycles. The van der Waals surface area contributed by atoms with Gasteiger partial charge in [-0.3, -0.25) is 9.59 Å². The highest BCUT2D eigenvalue weighted by Gasteiger charge is 2.11. The fraction of sp³-hybridized carbons (Fsp3) is 0.214. The fourth-order valence-electron chi connectivity index (χ4n) is 1.89. The monoisotopic (exact) mass is 274 g/mol. The molecule has 2 rings (SSSR count). The second kappa shape index (κ2) is 5.56. The van der Waals surface area contributed by atoms with Crippen molar-refractivity contribution in [3.8, 4) is 16.9 Å². The number of methoxy groups -OCH3 is 1. The zero-order valence-electron chi connectivity index (χ0n) is 11.2. The molecule has 0 aliphatic rings. The predicted molar refractivity (Wildman–Crippen MR) is 72.9 cm³/mol. The standard InChI is InChI=1S/C14H14N2O4/c1-9-7-12(10-3-5-11(20-2)6-4-10)14(19)16(15-9)8-13(17)18/h3-7H,8H2,1-2H3,(H,17,18). The summed E-state index contributed by atoms with van der Waals surface area (Å²) in [5, 5.41) is 12.7. The Hall–Kier alpha value is -2.63. The highest BCUT2D eigenvalue weighted by atomic mass is 16.5. The maximum absolute atomic E-state index is 12.2. The normalized spacial score (nSPS) is 10.3. The first-order valence-electron chi connectivity index (χ1n) is 5.96. The minimum Gasteiger partial charge on any atom is -0.497 e. The Morgan fingerprint density at radius 3 is 2.55 bits per heavy atom. The number of aliphatic carboxylic acids is 1. The van der Waals surface area contributed by atoms with Crippen LogP contribution in [0.1, 0.15) is 5.69 Å². The molecule has 2 aromatic rings. The third-order valence-electron chi connectivity index (χ3n) is 2.78. The first-order valence-corrected chi connectivity index (χ1v) is 5.96. The Morgan fingerprint density at radius 2 is 2.00 bits per heavy atom. The van der Waals surface area contributed by atoms with E-state index in [1.807, 2.05) is 0 Å². The summed E-state index contributed by atoms with van der Waals surface area (Å²) < 4.78 is 6.02. The summed E-state index contributed by atoms with van der Waals surface area (Å²) in [6, 6.07) is 8.63. The lowest BCUT2D eigenvalue weighted by Gasteiger charge is -2.08. The molecule has 1 N–H and O–H groups in total. The zero-order chi connectivity index (χ0) is 14.7. The molecule has 0 aliphatic carbocycles. The lowest BCUT2D eigenvalue weighted by molar-refractivity contribution is -0.138. The summed E-state index contributed by atoms with van der Waals surface area (Å²) in [6.07, 6.45) is 0. The average Bonchev–Trinajstić information content (AvgIpc) is 2.42. The van der Waals surface area contributed by atoms with E-state index in [1.165, 1.54) is 0 Å². The van der Waals surface area contributed by atoms with E-state index in [2.05, 4.69) is 5.10 Å². The summed E-state index contributed by atoms with van der Waals surface area (Å²) in [7, 11) is 1.56. The Labute approximate surface area is 115 Å². The van der Waals surface area contributed by atoms with Crippen LogP contribution >= 0.6 is 0 Å². The fourth-order valence-corrected chi connectivity index (χ4v) is 1.89. The highest BCUT2D eigenvalue weighted by Crippen LogP contribution is 2.19. The molecule has 1 aromatic carbocycles. The molecule has 1 heterocycles. The predicted octanol–water partition coefficient (Wildman–Crippen LogP) is 1.31. The second-order valence-electron chi connectivity index (χ2n) is 4.28. The molecule has 104 valence electrons. The maximum Gasteiger partial charge on any atom is 0.325 e. The smallest absolute Gasteiger partial charge is 0.325 e. The molecule has 0 amide bonds. The van der Waals surface area contributed by atoms with Crippen molar-refractivity contribution < 1.29 is 14.6 Å². The summed E-state index contributed by atoms with van der Waals surface area (Å²) in [5.74, 6) is -0.420. The molecule has 0 atom stereocenters. The Morgan fingerprint density at radius 1 is 1.35 bits per heavy atom. The van der Waals surface area contributed by atoms with Gasteiger partial charge in [0, 0.05) is 0 Å². The van der Waals surface area contributed by atoms with Crippen LogP contribution in [0.4, 0.5) is 0 Å². The van der Waals surface area contributed by atoms with Crippen LogP contribution in [-0.4, -0.2) is 28.0 Å². The molecule has 1 aromatic heterocycles. The van der Waals surface area contributed by atoms with Gasteiger partial charge >= 0.3 is 5.97 Å². The third kappa shape index (κ3) is 2.85. The van der Waals surface area contributed by atoms with E-state index in [1.54, 1.807) is 44.4 Å². The molecule has 6 heteroatoms. The largest absolute Gasteiger partial charge is 0.497 e. The number of ether oxygens (including phenoxy) is 1. The number of nitrogens with zero attached hydrogens (tertiary/aromatic N) is 2. The van der Waals surface area contributed by atoms with Crippen molar-refractivity contribution in [1.29, 1.82) is 0 Å². The molecule has 0 unspecified atom stereocenters. The Bertz CT molecular complexity index is 689. The summed E-state index contributed by atoms with van der Waals surface area (Å²) >= 11 is 0. The van der Waals surface area contributed by atoms with Crippen molar-refractivity contribution in [3.05, 3.63) is 46.4 Å². The van der Waals surface area contributed by atoms with Crippen LogP contribution in [0.15, 0.2) is 35.1 Å². The van der Waals surface area contributed by atoms with E-state index in [9.17, 15) is 9.59 Å². The van der Waals surface area contributed by atoms with Crippen molar-refractivity contribution in [2.45, 2.75) is 13.5 Å². The van der Waals surface area contributed by atoms with Crippen LogP contribution in [-0.2, 0) is 11.3 Å². The lowest BCUT2D eigenvalue weighted by atomic mass is 10.1. The Balaban J connectivity index is 2.52. The van der Waals surface area contributed by atoms with Crippen molar-refractivity contribution in [2.24, 2.45) is 0 Å². The van der Waals surface area contributed by atoms with Crippen LogP contribution < -0.4 is 10.3 Å². The summed E-state index contributed by atoms with van der Waals surface area (Å²) in [6.45, 7) is 1.26. The van der Waals surface area contributed by atoms with E-state index >= 15 is 0 Å². The molecular formula is C14H14N2O4. The quantitative estimate of drug-likeness (QED) is 0.909. The van der Waals surface area contributed by atoms with Gasteiger partial charge in [-0.25, -0.2) is 4.68 Å². The van der Waals surface area contributed by atoms with Gasteiger partial charge in [0.15, 0.2) is 0 Å². The molecule has 0 saturated heterocycles. The SMILES string of the molecule is COc1ccc(-c2cc(C)nn(CC(=O)O)c2=O)cc1. The average molecular weight is 274 g/mol. The van der Waals surface area contributed by atoms with Crippen molar-refractivity contribution >= 4 is 5.97 Å². The molecule has 0 aliphatic heterocycles. The van der Waals surface area contributed by atoms with E-state index in [0.717, 1.165) is 4.68 Å². The van der Waals surface area contributed by atoms with Crippen molar-refractivity contribution in [2.75, 3.05) is 7.11 Å². The molecule has 6 nitrogen and oxygen atoms in total. The third-order valence-corrected chi connectivity index (χ3v) is 2.78. The number of carboxylic acids is 1. The molecular weight excluding hydrogens is 260 g/mol. The van der Waals surface area contributed by atoms with E-state index in [-0.39, 0.29) is 0 Å². The topological polar surface area (TPSA) is 81.4 Å². The maximum atomic E-state index is 12.2. The minimum absolute atomic E-state index is 0.418. The van der Waals surface area contributed by atoms with Gasteiger partial charge < -0.3 is 9.84 Å². The first-order chi connectivity index (χ1) is 9.51. The van der Waals surface area contributed by atoms with E-state index in [0.29, 0.717) is 22.6 Å². The van der Waals surface area contributed by atoms with Crippen LogP contribution in [0.3, 0.4) is 0 Å². The van der Waals surface area contributed by atoms with Crippen LogP contribution in [0.2, 0.25) is 0 Å². The number of aryl methyl sites for hydroxylation is 1. The van der Waals surface area contributed by atoms with Crippen LogP contribution in [0.5, 0.6) is 5.75 Å². The second-order valence-corrected chi connectivity index (χ2v) is 4.28. The van der Waals surface area contributed by atoms with Crippen LogP contribution in [0.25, 0.3) is 11.1 Å². The number of hydrogen-bond donors (Lipinski definition) is 1. The van der Waals surface area contributed by atoms with Gasteiger partial charge in [0.2, 0.25) is 0 Å². The molecule has 0 spiro atoms. The summed E-state index contributed by atoms with van der Waals surface area (Å²) in [4.78, 5) is 23.0. The molecule has 20 heavy (non-hydrogen) atoms. The molecule has 0 bridgehead atoms. The van der Waals surface area contributed by atoms with E-state index < -0.39 is 18.1 Å². The van der Waals surface area contributed by atoms with Gasteiger partial charge in [-0.15, -0.1) is 0 Å². The number of benzene rings is 1. The minimum atomic E-state index is -1.11. The van der Waals surface area contributed by atoms with Gasteiger partial charge in [0.25, 0.3) is 5.56 Å². The lowest BCUT2D eigenvalue weighted by Crippen LogP contribution is -2.28. The van der Waals surface area contributed by atoms with Crippen molar-refractivity contribution in [1.82, 2.24) is 9.78 Å². The zero-order valence-corrected chi connectivity index (χ0v) is 11.2. The van der Waals surface area contributed by atoms with E-state index in [4.69, 9.17) is 9.84 Å². The number of carboxylic acid groups (broad SMARTS) is 1. The number of aromatic nitrogens is 2. The van der Waals surface area contributed by atoms with Gasteiger partial charge in [-0.2, -0.15) is 5.10 Å². The van der Waals surface area contributed by atoms with Crippen molar-refractivity contribution in [3.63, 3.8) is 0 Å². The number of carbonyl (C=O) groups is 1. The number of rotatable bonds is 4. The molecule has 0 radical (unpaired) electrons. The van der Waals surface area contributed by atoms with Gasteiger partial charge in [-0.05, 0) is 30.7 Å². The highest BCUT2D eigenvalue weighted by molar-refractivity contribution is 5.67. The molecule has 0 fully saturated rings. The van der Waals surface area contributed by atoms with Crippen LogP contribution in [0, 0.1) is 6.92 Å². The summed E-state index contributed by atoms with van der Waals surface area (Å²) in [5.41, 5.74) is 1.27. The van der Waals surface area contributed by atoms with Gasteiger partial charge in [0.1, 0.15) is 12.3 Å². The number of hydrogen-bond acceptors (Lipinski definition) is 4. The Kier molecular flexibility index (Phi) is 3.84. The van der Waals surface area contributed by atoms with Gasteiger partial charge in [-0.1, -0.05) is 12.1 Å².